The molecule has 3 aromatic carbocycles. The van der Waals surface area contributed by atoms with Crippen LogP contribution >= 0.6 is 0 Å². The van der Waals surface area contributed by atoms with Crippen LogP contribution in [0, 0.1) is 13.8 Å². The number of rotatable bonds is 4. The van der Waals surface area contributed by atoms with Crippen LogP contribution in [0.5, 0.6) is 0 Å². The van der Waals surface area contributed by atoms with Crippen molar-refractivity contribution in [1.82, 2.24) is 0 Å². The molecule has 0 atom stereocenters. The highest BCUT2D eigenvalue weighted by Gasteiger charge is 2.03. The van der Waals surface area contributed by atoms with Crippen LogP contribution in [0.2, 0.25) is 0 Å². The van der Waals surface area contributed by atoms with Gasteiger partial charge in [0.2, 0.25) is 0 Å². The Bertz CT molecular complexity index is 802. The number of hydrogen-bond acceptors (Lipinski definition) is 0. The second-order valence-corrected chi connectivity index (χ2v) is 6.20. The van der Waals surface area contributed by atoms with Gasteiger partial charge in [0.15, 0.2) is 0 Å². The van der Waals surface area contributed by atoms with Crippen molar-refractivity contribution in [1.29, 1.82) is 0 Å². The molecule has 0 spiro atoms. The maximum Gasteiger partial charge on any atom is 0.0785 e. The molecule has 0 nitrogen and oxygen atoms in total. The molecule has 3 heteroatoms. The minimum Gasteiger partial charge on any atom is -0.255 e. The van der Waals surface area contributed by atoms with Gasteiger partial charge in [0.25, 0.3) is 0 Å². The van der Waals surface area contributed by atoms with Crippen molar-refractivity contribution in [3.63, 3.8) is 0 Å². The molecule has 0 aliphatic carbocycles. The molecule has 29 heavy (non-hydrogen) atoms. The number of alkyl halides is 3. The first-order valence-electron chi connectivity index (χ1n) is 9.16. The monoisotopic (exact) mass is 400 g/mol. The summed E-state index contributed by atoms with van der Waals surface area (Å²) in [5.41, 5.74) is 8.69. The van der Waals surface area contributed by atoms with Gasteiger partial charge in [0.1, 0.15) is 0 Å². The van der Waals surface area contributed by atoms with Gasteiger partial charge >= 0.3 is 0 Å². The molecule has 0 amide bonds. The summed E-state index contributed by atoms with van der Waals surface area (Å²) in [5.74, 6) is 0. The van der Waals surface area contributed by atoms with Gasteiger partial charge in [-0.05, 0) is 48.1 Å². The van der Waals surface area contributed by atoms with Crippen molar-refractivity contribution in [2.75, 3.05) is 21.5 Å². The predicted molar refractivity (Wildman–Crippen MR) is 121 cm³/mol. The van der Waals surface area contributed by atoms with Crippen LogP contribution in [0.25, 0.3) is 5.57 Å². The van der Waals surface area contributed by atoms with Crippen molar-refractivity contribution in [2.24, 2.45) is 0 Å². The quantitative estimate of drug-likeness (QED) is 0.421. The van der Waals surface area contributed by atoms with E-state index in [1.54, 1.807) is 0 Å². The van der Waals surface area contributed by atoms with E-state index in [1.165, 1.54) is 33.4 Å². The Morgan fingerprint density at radius 3 is 1.21 bits per heavy atom. The summed E-state index contributed by atoms with van der Waals surface area (Å²) in [4.78, 5) is 0. The molecule has 0 radical (unpaired) electrons. The maximum absolute atomic E-state index is 9.50. The third-order valence-electron chi connectivity index (χ3n) is 4.23. The van der Waals surface area contributed by atoms with E-state index in [9.17, 15) is 13.2 Å². The van der Waals surface area contributed by atoms with Gasteiger partial charge in [-0.3, -0.25) is 13.2 Å². The summed E-state index contributed by atoms with van der Waals surface area (Å²) in [6.07, 6.45) is 0.970. The highest BCUT2D eigenvalue weighted by molar-refractivity contribution is 5.78. The molecule has 0 aliphatic rings. The summed E-state index contributed by atoms with van der Waals surface area (Å²) in [7, 11) is 1.50. The van der Waals surface area contributed by atoms with E-state index in [0.29, 0.717) is 21.5 Å². The standard InChI is InChI=1S/C23H22.3CH3F/c1-17-4-8-20(9-5-17)16-21-10-14-23(15-11-21)19(3)22-12-6-18(2)7-13-22;3*1-2/h4-15H,3,16H2,1-2H3;3*1H3. The van der Waals surface area contributed by atoms with E-state index in [1.807, 2.05) is 0 Å². The van der Waals surface area contributed by atoms with Gasteiger partial charge in [-0.15, -0.1) is 0 Å². The number of benzene rings is 3. The Labute approximate surface area is 173 Å². The fourth-order valence-corrected chi connectivity index (χ4v) is 2.69. The number of hydrogen-bond donors (Lipinski definition) is 0. The van der Waals surface area contributed by atoms with E-state index in [0.717, 1.165) is 12.0 Å². The van der Waals surface area contributed by atoms with Crippen molar-refractivity contribution >= 4 is 5.57 Å². The molecular formula is C26H31F3. The maximum atomic E-state index is 9.50. The summed E-state index contributed by atoms with van der Waals surface area (Å²) >= 11 is 0. The third kappa shape index (κ3) is 8.82. The average molecular weight is 401 g/mol. The van der Waals surface area contributed by atoms with E-state index < -0.39 is 0 Å². The predicted octanol–water partition coefficient (Wildman–Crippen LogP) is 7.71. The van der Waals surface area contributed by atoms with Gasteiger partial charge in [-0.2, -0.15) is 0 Å². The first kappa shape index (κ1) is 26.2. The zero-order valence-electron chi connectivity index (χ0n) is 18.0. The molecule has 0 heterocycles. The van der Waals surface area contributed by atoms with Crippen LogP contribution in [0.4, 0.5) is 13.2 Å². The molecule has 0 fully saturated rings. The molecule has 0 aromatic heterocycles. The van der Waals surface area contributed by atoms with Gasteiger partial charge in [-0.1, -0.05) is 90.5 Å². The van der Waals surface area contributed by atoms with Crippen LogP contribution < -0.4 is 0 Å². The summed E-state index contributed by atoms with van der Waals surface area (Å²) in [5, 5.41) is 0. The normalized spacial score (nSPS) is 8.97. The van der Waals surface area contributed by atoms with E-state index in [2.05, 4.69) is 93.2 Å². The zero-order valence-corrected chi connectivity index (χ0v) is 18.0. The smallest absolute Gasteiger partial charge is 0.0785 e. The average Bonchev–Trinajstić information content (AvgIpc) is 2.80. The Kier molecular flexibility index (Phi) is 13.7. The number of halogens is 3. The van der Waals surface area contributed by atoms with E-state index in [-0.39, 0.29) is 0 Å². The molecule has 0 N–H and O–H groups in total. The molecule has 0 saturated carbocycles. The molecule has 0 unspecified atom stereocenters. The van der Waals surface area contributed by atoms with E-state index in [4.69, 9.17) is 0 Å². The fourth-order valence-electron chi connectivity index (χ4n) is 2.69. The second kappa shape index (κ2) is 15.2. The molecule has 3 aromatic rings. The van der Waals surface area contributed by atoms with Crippen molar-refractivity contribution in [3.05, 3.63) is 113 Å². The topological polar surface area (TPSA) is 0 Å². The highest BCUT2D eigenvalue weighted by atomic mass is 19.1. The van der Waals surface area contributed by atoms with Gasteiger partial charge in [0.05, 0.1) is 21.5 Å². The van der Waals surface area contributed by atoms with Crippen LogP contribution in [0.3, 0.4) is 0 Å². The Morgan fingerprint density at radius 2 is 0.828 bits per heavy atom. The molecule has 0 bridgehead atoms. The summed E-state index contributed by atoms with van der Waals surface area (Å²) in [6, 6.07) is 26.0. The van der Waals surface area contributed by atoms with Gasteiger partial charge in [0, 0.05) is 0 Å². The summed E-state index contributed by atoms with van der Waals surface area (Å²) < 4.78 is 28.5. The Morgan fingerprint density at radius 1 is 0.552 bits per heavy atom. The fraction of sp³-hybridized carbons (Fsp3) is 0.231. The van der Waals surface area contributed by atoms with Gasteiger partial charge in [-0.25, -0.2) is 0 Å². The third-order valence-corrected chi connectivity index (χ3v) is 4.23. The van der Waals surface area contributed by atoms with Crippen molar-refractivity contribution < 1.29 is 13.2 Å². The minimum absolute atomic E-state index is 0.500. The molecular weight excluding hydrogens is 369 g/mol. The lowest BCUT2D eigenvalue weighted by Crippen LogP contribution is -1.91. The van der Waals surface area contributed by atoms with Crippen molar-refractivity contribution in [3.8, 4) is 0 Å². The lowest BCUT2D eigenvalue weighted by molar-refractivity contribution is 0.635. The Balaban J connectivity index is 0.00000120. The van der Waals surface area contributed by atoms with E-state index >= 15 is 0 Å². The summed E-state index contributed by atoms with van der Waals surface area (Å²) in [6.45, 7) is 8.47. The van der Waals surface area contributed by atoms with Crippen molar-refractivity contribution in [2.45, 2.75) is 20.3 Å². The van der Waals surface area contributed by atoms with Crippen LogP contribution in [0.1, 0.15) is 33.4 Å². The minimum atomic E-state index is 0.500. The van der Waals surface area contributed by atoms with Gasteiger partial charge < -0.3 is 0 Å². The molecule has 0 aliphatic heterocycles. The highest BCUT2D eigenvalue weighted by Crippen LogP contribution is 2.23. The first-order valence-corrected chi connectivity index (χ1v) is 9.16. The largest absolute Gasteiger partial charge is 0.255 e. The first-order chi connectivity index (χ1) is 14.1. The van der Waals surface area contributed by atoms with Crippen LogP contribution in [0.15, 0.2) is 79.4 Å². The molecule has 156 valence electrons. The van der Waals surface area contributed by atoms with Crippen LogP contribution in [-0.2, 0) is 6.42 Å². The number of aryl methyl sites for hydroxylation is 2. The lowest BCUT2D eigenvalue weighted by Gasteiger charge is -2.09. The van der Waals surface area contributed by atoms with Crippen LogP contribution in [-0.4, -0.2) is 21.5 Å². The molecule has 3 rings (SSSR count). The SMILES string of the molecule is C=C(c1ccc(C)cc1)c1ccc(Cc2ccc(C)cc2)cc1.CF.CF.CF. The second-order valence-electron chi connectivity index (χ2n) is 6.20. The lowest BCUT2D eigenvalue weighted by atomic mass is 9.96. The molecule has 0 saturated heterocycles. The Hall–Kier alpha value is -2.81. The zero-order chi connectivity index (χ0) is 22.2.